The Morgan fingerprint density at radius 3 is 2.12 bits per heavy atom. The molecule has 0 aromatic heterocycles. The molecule has 0 saturated heterocycles. The molecule has 1 aliphatic carbocycles. The van der Waals surface area contributed by atoms with Crippen LogP contribution in [0.25, 0.3) is 0 Å². The minimum Gasteiger partial charge on any atom is -0.352 e. The lowest BCUT2D eigenvalue weighted by Gasteiger charge is -2.33. The van der Waals surface area contributed by atoms with Crippen molar-refractivity contribution in [1.29, 1.82) is 0 Å². The largest absolute Gasteiger partial charge is 0.352 e. The van der Waals surface area contributed by atoms with Gasteiger partial charge in [0.2, 0.25) is 11.8 Å². The van der Waals surface area contributed by atoms with Crippen LogP contribution in [0.5, 0.6) is 0 Å². The lowest BCUT2D eigenvalue weighted by atomic mass is 10.1. The molecule has 1 N–H and O–H groups in total. The molecule has 1 fully saturated rings. The van der Waals surface area contributed by atoms with Crippen molar-refractivity contribution >= 4 is 39.1 Å². The van der Waals surface area contributed by atoms with Crippen LogP contribution < -0.4 is 9.62 Å². The molecule has 7 nitrogen and oxygen atoms in total. The summed E-state index contributed by atoms with van der Waals surface area (Å²) in [5, 5.41) is 3.58. The number of benzene rings is 3. The maximum absolute atomic E-state index is 14.0. The van der Waals surface area contributed by atoms with E-state index < -0.39 is 28.5 Å². The van der Waals surface area contributed by atoms with Crippen molar-refractivity contribution in [2.24, 2.45) is 0 Å². The number of rotatable bonds is 12. The number of halogens is 1. The number of hydrogen-bond acceptors (Lipinski definition) is 4. The van der Waals surface area contributed by atoms with E-state index in [1.807, 2.05) is 37.3 Å². The highest BCUT2D eigenvalue weighted by Gasteiger charge is 2.34. The molecule has 0 bridgehead atoms. The first-order valence-corrected chi connectivity index (χ1v) is 15.6. The van der Waals surface area contributed by atoms with E-state index in [0.29, 0.717) is 23.6 Å². The van der Waals surface area contributed by atoms with Gasteiger partial charge in [-0.05, 0) is 67.6 Å². The van der Waals surface area contributed by atoms with Gasteiger partial charge in [0.15, 0.2) is 0 Å². The smallest absolute Gasteiger partial charge is 0.264 e. The highest BCUT2D eigenvalue weighted by atomic mass is 35.5. The van der Waals surface area contributed by atoms with Crippen LogP contribution >= 0.6 is 11.6 Å². The minimum absolute atomic E-state index is 0.0691. The van der Waals surface area contributed by atoms with Crippen LogP contribution in [0.1, 0.15) is 44.6 Å². The van der Waals surface area contributed by atoms with Crippen molar-refractivity contribution in [2.45, 2.75) is 62.4 Å². The summed E-state index contributed by atoms with van der Waals surface area (Å²) in [5.41, 5.74) is 1.34. The number of carbonyl (C=O) groups is 2. The molecule has 1 atom stereocenters. The molecule has 212 valence electrons. The molecule has 1 aliphatic rings. The summed E-state index contributed by atoms with van der Waals surface area (Å²) in [6.45, 7) is 1.69. The maximum Gasteiger partial charge on any atom is 0.264 e. The summed E-state index contributed by atoms with van der Waals surface area (Å²) in [7, 11) is -4.09. The first kappa shape index (κ1) is 29.6. The zero-order valence-corrected chi connectivity index (χ0v) is 24.3. The molecule has 2 amide bonds. The van der Waals surface area contributed by atoms with Crippen LogP contribution in [0.15, 0.2) is 89.8 Å². The monoisotopic (exact) mass is 581 g/mol. The first-order valence-electron chi connectivity index (χ1n) is 13.8. The second-order valence-electron chi connectivity index (χ2n) is 10.0. The van der Waals surface area contributed by atoms with E-state index in [-0.39, 0.29) is 23.4 Å². The van der Waals surface area contributed by atoms with Crippen molar-refractivity contribution in [3.63, 3.8) is 0 Å². The van der Waals surface area contributed by atoms with Gasteiger partial charge in [0.25, 0.3) is 10.0 Å². The lowest BCUT2D eigenvalue weighted by Crippen LogP contribution is -2.54. The van der Waals surface area contributed by atoms with Gasteiger partial charge in [0.1, 0.15) is 12.6 Å². The number of anilines is 1. The van der Waals surface area contributed by atoms with E-state index in [0.717, 1.165) is 35.6 Å². The van der Waals surface area contributed by atoms with Gasteiger partial charge in [-0.15, -0.1) is 0 Å². The Labute approximate surface area is 242 Å². The molecule has 3 aromatic carbocycles. The molecule has 0 spiro atoms. The highest BCUT2D eigenvalue weighted by molar-refractivity contribution is 7.92. The molecule has 9 heteroatoms. The standard InChI is InChI=1S/C31H36ClN3O4S/c1-2-29(31(37)33-26-13-9-10-14-26)34(22-21-24-11-5-3-6-12-24)30(36)23-35(27-19-17-25(32)18-20-27)40(38,39)28-15-7-4-8-16-28/h3-8,11-12,15-20,26,29H,2,9-10,13-14,21-23H2,1H3,(H,33,37). The molecular formula is C31H36ClN3O4S. The molecule has 0 aliphatic heterocycles. The summed E-state index contributed by atoms with van der Waals surface area (Å²) in [6, 6.07) is 23.5. The Balaban J connectivity index is 1.65. The van der Waals surface area contributed by atoms with E-state index in [2.05, 4.69) is 5.32 Å². The predicted octanol–water partition coefficient (Wildman–Crippen LogP) is 5.44. The van der Waals surface area contributed by atoms with Crippen LogP contribution in [-0.4, -0.2) is 50.3 Å². The Bertz CT molecular complexity index is 1360. The van der Waals surface area contributed by atoms with Gasteiger partial charge < -0.3 is 10.2 Å². The Morgan fingerprint density at radius 1 is 0.925 bits per heavy atom. The molecule has 40 heavy (non-hydrogen) atoms. The van der Waals surface area contributed by atoms with E-state index in [9.17, 15) is 18.0 Å². The number of amides is 2. The van der Waals surface area contributed by atoms with Crippen LogP contribution in [-0.2, 0) is 26.0 Å². The number of hydrogen-bond donors (Lipinski definition) is 1. The third-order valence-corrected chi connectivity index (χ3v) is 9.34. The van der Waals surface area contributed by atoms with Crippen molar-refractivity contribution in [2.75, 3.05) is 17.4 Å². The van der Waals surface area contributed by atoms with Gasteiger partial charge in [-0.2, -0.15) is 0 Å². The Morgan fingerprint density at radius 2 is 1.52 bits per heavy atom. The van der Waals surface area contributed by atoms with Gasteiger partial charge in [-0.3, -0.25) is 13.9 Å². The highest BCUT2D eigenvalue weighted by Crippen LogP contribution is 2.26. The van der Waals surface area contributed by atoms with E-state index >= 15 is 0 Å². The minimum atomic E-state index is -4.09. The number of nitrogens with one attached hydrogen (secondary N) is 1. The average Bonchev–Trinajstić information content (AvgIpc) is 3.48. The van der Waals surface area contributed by atoms with Crippen molar-refractivity contribution in [1.82, 2.24) is 10.2 Å². The number of carbonyl (C=O) groups excluding carboxylic acids is 2. The summed E-state index contributed by atoms with van der Waals surface area (Å²) >= 11 is 6.08. The molecule has 0 radical (unpaired) electrons. The van der Waals surface area contributed by atoms with Crippen LogP contribution in [0.4, 0.5) is 5.69 Å². The van der Waals surface area contributed by atoms with Gasteiger partial charge in [-0.25, -0.2) is 8.42 Å². The van der Waals surface area contributed by atoms with E-state index in [1.54, 1.807) is 47.4 Å². The van der Waals surface area contributed by atoms with Crippen molar-refractivity contribution < 1.29 is 18.0 Å². The lowest BCUT2D eigenvalue weighted by molar-refractivity contribution is -0.139. The predicted molar refractivity (Wildman–Crippen MR) is 159 cm³/mol. The molecule has 3 aromatic rings. The SMILES string of the molecule is CCC(C(=O)NC1CCCC1)N(CCc1ccccc1)C(=O)CN(c1ccc(Cl)cc1)S(=O)(=O)c1ccccc1. The fraction of sp³-hybridized carbons (Fsp3) is 0.355. The fourth-order valence-corrected chi connectivity index (χ4v) is 6.68. The Kier molecular flexibility index (Phi) is 10.2. The van der Waals surface area contributed by atoms with Gasteiger partial charge in [0.05, 0.1) is 10.6 Å². The topological polar surface area (TPSA) is 86.8 Å². The zero-order chi connectivity index (χ0) is 28.5. The fourth-order valence-electron chi connectivity index (χ4n) is 5.12. The molecule has 1 unspecified atom stereocenters. The van der Waals surface area contributed by atoms with E-state index in [1.165, 1.54) is 12.1 Å². The van der Waals surface area contributed by atoms with E-state index in [4.69, 9.17) is 11.6 Å². The molecular weight excluding hydrogens is 546 g/mol. The second kappa shape index (κ2) is 13.8. The molecule has 1 saturated carbocycles. The third-order valence-electron chi connectivity index (χ3n) is 7.30. The Hall–Kier alpha value is -3.36. The quantitative estimate of drug-likeness (QED) is 0.308. The number of sulfonamides is 1. The average molecular weight is 582 g/mol. The van der Waals surface area contributed by atoms with Crippen molar-refractivity contribution in [3.8, 4) is 0 Å². The summed E-state index contributed by atoms with van der Waals surface area (Å²) in [4.78, 5) is 29.1. The van der Waals surface area contributed by atoms with Crippen LogP contribution in [0.2, 0.25) is 5.02 Å². The van der Waals surface area contributed by atoms with Crippen molar-refractivity contribution in [3.05, 3.63) is 95.5 Å². The molecule has 4 rings (SSSR count). The normalized spacial score (nSPS) is 14.4. The van der Waals surface area contributed by atoms with Crippen LogP contribution in [0, 0.1) is 0 Å². The zero-order valence-electron chi connectivity index (χ0n) is 22.7. The van der Waals surface area contributed by atoms with Gasteiger partial charge in [-0.1, -0.05) is 79.9 Å². The summed E-state index contributed by atoms with van der Waals surface area (Å²) < 4.78 is 28.7. The first-order chi connectivity index (χ1) is 19.3. The molecule has 0 heterocycles. The summed E-state index contributed by atoms with van der Waals surface area (Å²) in [6.07, 6.45) is 4.95. The number of nitrogens with zero attached hydrogens (tertiary/aromatic N) is 2. The summed E-state index contributed by atoms with van der Waals surface area (Å²) in [5.74, 6) is -0.640. The van der Waals surface area contributed by atoms with Crippen LogP contribution in [0.3, 0.4) is 0 Å². The maximum atomic E-state index is 14.0. The second-order valence-corrected chi connectivity index (χ2v) is 12.3. The van der Waals surface area contributed by atoms with Gasteiger partial charge >= 0.3 is 0 Å². The third kappa shape index (κ3) is 7.43. The van der Waals surface area contributed by atoms with Gasteiger partial charge in [0, 0.05) is 17.6 Å².